The number of aromatic nitrogens is 2. The van der Waals surface area contributed by atoms with Crippen LogP contribution in [0.2, 0.25) is 0 Å². The lowest BCUT2D eigenvalue weighted by atomic mass is 10.1. The molecule has 0 aliphatic rings. The fourth-order valence-corrected chi connectivity index (χ4v) is 3.32. The van der Waals surface area contributed by atoms with E-state index in [9.17, 15) is 9.59 Å². The zero-order chi connectivity index (χ0) is 19.8. The highest BCUT2D eigenvalue weighted by atomic mass is 16.4. The van der Waals surface area contributed by atoms with Crippen LogP contribution in [0.15, 0.2) is 51.7 Å². The van der Waals surface area contributed by atoms with Crippen molar-refractivity contribution in [2.75, 3.05) is 18.0 Å². The molecule has 142 valence electrons. The van der Waals surface area contributed by atoms with Crippen molar-refractivity contribution in [2.45, 2.75) is 13.8 Å². The third kappa shape index (κ3) is 3.00. The van der Waals surface area contributed by atoms with Crippen molar-refractivity contribution in [3.8, 4) is 11.4 Å². The van der Waals surface area contributed by atoms with E-state index in [1.54, 1.807) is 12.1 Å². The zero-order valence-electron chi connectivity index (χ0n) is 15.5. The first-order valence-corrected chi connectivity index (χ1v) is 9.06. The minimum atomic E-state index is -1.02. The lowest BCUT2D eigenvalue weighted by molar-refractivity contribution is 0.0697. The summed E-state index contributed by atoms with van der Waals surface area (Å²) in [6, 6.07) is 12.1. The second-order valence-electron chi connectivity index (χ2n) is 6.46. The van der Waals surface area contributed by atoms with Crippen LogP contribution in [-0.4, -0.2) is 34.1 Å². The van der Waals surface area contributed by atoms with Crippen molar-refractivity contribution in [3.05, 3.63) is 58.4 Å². The molecule has 28 heavy (non-hydrogen) atoms. The Morgan fingerprint density at radius 1 is 1.14 bits per heavy atom. The van der Waals surface area contributed by atoms with Crippen LogP contribution in [0.4, 0.5) is 5.69 Å². The van der Waals surface area contributed by atoms with Crippen LogP contribution >= 0.6 is 0 Å². The largest absolute Gasteiger partial charge is 0.478 e. The summed E-state index contributed by atoms with van der Waals surface area (Å²) in [6.45, 7) is 5.87. The van der Waals surface area contributed by atoms with Gasteiger partial charge in [-0.15, -0.1) is 0 Å². The van der Waals surface area contributed by atoms with Gasteiger partial charge in [-0.2, -0.15) is 0 Å². The molecule has 7 nitrogen and oxygen atoms in total. The number of hydrogen-bond donors (Lipinski definition) is 2. The van der Waals surface area contributed by atoms with Crippen LogP contribution in [-0.2, 0) is 0 Å². The van der Waals surface area contributed by atoms with E-state index >= 15 is 0 Å². The Morgan fingerprint density at radius 2 is 1.93 bits per heavy atom. The number of carbonyl (C=O) groups is 1. The molecule has 0 aliphatic carbocycles. The molecule has 0 saturated heterocycles. The fraction of sp³-hybridized carbons (Fsp3) is 0.190. The van der Waals surface area contributed by atoms with Crippen LogP contribution in [0, 0.1) is 0 Å². The van der Waals surface area contributed by atoms with Gasteiger partial charge in [0.05, 0.1) is 16.6 Å². The average molecular weight is 377 g/mol. The van der Waals surface area contributed by atoms with E-state index in [2.05, 4.69) is 28.7 Å². The highest BCUT2D eigenvalue weighted by molar-refractivity contribution is 5.93. The third-order valence-electron chi connectivity index (χ3n) is 4.83. The maximum absolute atomic E-state index is 12.6. The van der Waals surface area contributed by atoms with E-state index in [0.717, 1.165) is 24.2 Å². The Labute approximate surface area is 160 Å². The molecule has 0 fully saturated rings. The Bertz CT molecular complexity index is 1250. The van der Waals surface area contributed by atoms with Gasteiger partial charge in [0.15, 0.2) is 0 Å². The summed E-state index contributed by atoms with van der Waals surface area (Å²) in [4.78, 5) is 33.3. The Morgan fingerprint density at radius 3 is 2.64 bits per heavy atom. The van der Waals surface area contributed by atoms with E-state index < -0.39 is 11.6 Å². The van der Waals surface area contributed by atoms with Crippen molar-refractivity contribution in [3.63, 3.8) is 0 Å². The molecule has 4 rings (SSSR count). The first kappa shape index (κ1) is 17.8. The number of nitrogens with zero attached hydrogens (tertiary/aromatic N) is 2. The zero-order valence-corrected chi connectivity index (χ0v) is 15.5. The van der Waals surface area contributed by atoms with Gasteiger partial charge >= 0.3 is 11.6 Å². The number of benzene rings is 2. The van der Waals surface area contributed by atoms with Crippen molar-refractivity contribution < 1.29 is 14.3 Å². The van der Waals surface area contributed by atoms with E-state index in [0.29, 0.717) is 28.0 Å². The summed E-state index contributed by atoms with van der Waals surface area (Å²) in [7, 11) is 0. The number of aromatic amines is 1. The summed E-state index contributed by atoms with van der Waals surface area (Å²) < 4.78 is 5.55. The predicted octanol–water partition coefficient (Wildman–Crippen LogP) is 3.88. The topological polar surface area (TPSA) is 99.4 Å². The van der Waals surface area contributed by atoms with Crippen LogP contribution in [0.25, 0.3) is 33.4 Å². The molecule has 2 aromatic heterocycles. The molecule has 0 unspecified atom stereocenters. The molecule has 4 aromatic rings. The number of imidazole rings is 1. The second-order valence-corrected chi connectivity index (χ2v) is 6.46. The molecule has 2 aromatic carbocycles. The third-order valence-corrected chi connectivity index (χ3v) is 4.83. The Hall–Kier alpha value is -3.61. The summed E-state index contributed by atoms with van der Waals surface area (Å²) in [5.74, 6) is -0.673. The number of carboxylic acids is 1. The van der Waals surface area contributed by atoms with Gasteiger partial charge in [0.2, 0.25) is 0 Å². The quantitative estimate of drug-likeness (QED) is 0.512. The lowest BCUT2D eigenvalue weighted by Crippen LogP contribution is -2.21. The number of fused-ring (bicyclic) bond motifs is 2. The van der Waals surface area contributed by atoms with Crippen molar-refractivity contribution in [1.82, 2.24) is 9.97 Å². The van der Waals surface area contributed by atoms with Gasteiger partial charge in [0.25, 0.3) is 0 Å². The molecule has 2 N–H and O–H groups in total. The molecule has 0 radical (unpaired) electrons. The molecule has 0 saturated carbocycles. The van der Waals surface area contributed by atoms with E-state index in [-0.39, 0.29) is 5.56 Å². The molecule has 0 amide bonds. The van der Waals surface area contributed by atoms with Gasteiger partial charge in [-0.1, -0.05) is 0 Å². The summed E-state index contributed by atoms with van der Waals surface area (Å²) in [5.41, 5.74) is 2.60. The predicted molar refractivity (Wildman–Crippen MR) is 108 cm³/mol. The smallest absolute Gasteiger partial charge is 0.347 e. The van der Waals surface area contributed by atoms with Gasteiger partial charge in [0.1, 0.15) is 17.0 Å². The number of nitrogens with one attached hydrogen (secondary N) is 1. The molecule has 0 aliphatic heterocycles. The van der Waals surface area contributed by atoms with Gasteiger partial charge in [-0.25, -0.2) is 14.6 Å². The molecular formula is C21H19N3O4. The molecule has 2 heterocycles. The Kier molecular flexibility index (Phi) is 4.35. The van der Waals surface area contributed by atoms with Gasteiger partial charge in [-0.05, 0) is 50.2 Å². The first-order valence-electron chi connectivity index (χ1n) is 9.06. The van der Waals surface area contributed by atoms with E-state index in [1.165, 1.54) is 12.1 Å². The van der Waals surface area contributed by atoms with Crippen LogP contribution in [0.1, 0.15) is 24.2 Å². The van der Waals surface area contributed by atoms with Gasteiger partial charge in [-0.3, -0.25) is 0 Å². The molecule has 0 spiro atoms. The number of anilines is 1. The van der Waals surface area contributed by atoms with Crippen molar-refractivity contribution in [2.24, 2.45) is 0 Å². The molecule has 7 heteroatoms. The minimum Gasteiger partial charge on any atom is -0.478 e. The highest BCUT2D eigenvalue weighted by Crippen LogP contribution is 2.25. The minimum absolute atomic E-state index is 0.150. The number of H-pyrrole nitrogens is 1. The maximum atomic E-state index is 12.6. The van der Waals surface area contributed by atoms with Crippen LogP contribution in [0.5, 0.6) is 0 Å². The highest BCUT2D eigenvalue weighted by Gasteiger charge is 2.14. The Balaban J connectivity index is 1.81. The monoisotopic (exact) mass is 377 g/mol. The number of aromatic carboxylic acids is 1. The van der Waals surface area contributed by atoms with E-state index in [4.69, 9.17) is 9.52 Å². The SMILES string of the molecule is CCN(CC)c1ccc2cc(-c3nc4ccc(C(=O)O)cc4[nH]3)c(=O)oc2c1. The van der Waals surface area contributed by atoms with Crippen molar-refractivity contribution >= 4 is 33.7 Å². The second kappa shape index (κ2) is 6.84. The summed E-state index contributed by atoms with van der Waals surface area (Å²) >= 11 is 0. The molecule has 0 bridgehead atoms. The van der Waals surface area contributed by atoms with E-state index in [1.807, 2.05) is 18.2 Å². The number of rotatable bonds is 5. The molecular weight excluding hydrogens is 358 g/mol. The maximum Gasteiger partial charge on any atom is 0.347 e. The summed E-state index contributed by atoms with van der Waals surface area (Å²) in [6.07, 6.45) is 0. The van der Waals surface area contributed by atoms with Gasteiger partial charge < -0.3 is 19.4 Å². The first-order chi connectivity index (χ1) is 13.5. The van der Waals surface area contributed by atoms with Crippen LogP contribution < -0.4 is 10.5 Å². The summed E-state index contributed by atoms with van der Waals surface area (Å²) in [5, 5.41) is 9.91. The average Bonchev–Trinajstić information content (AvgIpc) is 3.11. The van der Waals surface area contributed by atoms with Crippen LogP contribution in [0.3, 0.4) is 0 Å². The number of hydrogen-bond acceptors (Lipinski definition) is 5. The fourth-order valence-electron chi connectivity index (χ4n) is 3.32. The normalized spacial score (nSPS) is 11.2. The van der Waals surface area contributed by atoms with Gasteiger partial charge in [0, 0.05) is 30.2 Å². The lowest BCUT2D eigenvalue weighted by Gasteiger charge is -2.20. The van der Waals surface area contributed by atoms with Crippen molar-refractivity contribution in [1.29, 1.82) is 0 Å². The standard InChI is InChI=1S/C21H19N3O4/c1-3-24(4-2)14-7-5-12-9-15(21(27)28-18(12)11-14)19-22-16-8-6-13(20(25)26)10-17(16)23-19/h5-11H,3-4H2,1-2H3,(H,22,23)(H,25,26). The molecule has 0 atom stereocenters. The number of carboxylic acid groups (broad SMARTS) is 1.